The summed E-state index contributed by atoms with van der Waals surface area (Å²) >= 11 is 1.67. The van der Waals surface area contributed by atoms with E-state index in [1.165, 1.54) is 4.88 Å². The first-order valence-corrected chi connectivity index (χ1v) is 7.05. The van der Waals surface area contributed by atoms with Crippen LogP contribution in [0.5, 0.6) is 0 Å². The molecule has 1 N–H and O–H groups in total. The smallest absolute Gasteiger partial charge is 0.220 e. The lowest BCUT2D eigenvalue weighted by Gasteiger charge is -2.04. The molecule has 2 rings (SSSR count). The Morgan fingerprint density at radius 1 is 1.32 bits per heavy atom. The molecule has 0 atom stereocenters. The summed E-state index contributed by atoms with van der Waals surface area (Å²) in [6.45, 7) is 4.54. The zero-order chi connectivity index (χ0) is 13.7. The van der Waals surface area contributed by atoms with Crippen molar-refractivity contribution in [2.45, 2.75) is 33.2 Å². The van der Waals surface area contributed by atoms with Crippen LogP contribution in [0.25, 0.3) is 0 Å². The molecule has 5 heteroatoms. The van der Waals surface area contributed by atoms with Gasteiger partial charge in [0.15, 0.2) is 0 Å². The molecule has 0 saturated carbocycles. The van der Waals surface area contributed by atoms with E-state index in [-0.39, 0.29) is 5.91 Å². The molecule has 2 aromatic rings. The molecule has 0 aliphatic heterocycles. The first-order valence-electron chi connectivity index (χ1n) is 6.23. The van der Waals surface area contributed by atoms with Gasteiger partial charge < -0.3 is 5.32 Å². The van der Waals surface area contributed by atoms with Crippen molar-refractivity contribution < 1.29 is 4.79 Å². The van der Waals surface area contributed by atoms with Crippen LogP contribution in [0, 0.1) is 13.8 Å². The van der Waals surface area contributed by atoms with Gasteiger partial charge in [-0.3, -0.25) is 9.78 Å². The van der Waals surface area contributed by atoms with E-state index in [1.54, 1.807) is 23.7 Å². The summed E-state index contributed by atoms with van der Waals surface area (Å²) in [6.07, 6.45) is 4.73. The lowest BCUT2D eigenvalue weighted by atomic mass is 10.2. The summed E-state index contributed by atoms with van der Waals surface area (Å²) < 4.78 is 0. The fraction of sp³-hybridized carbons (Fsp3) is 0.357. The third-order valence-electron chi connectivity index (χ3n) is 2.82. The first kappa shape index (κ1) is 13.7. The quantitative estimate of drug-likeness (QED) is 0.911. The zero-order valence-electron chi connectivity index (χ0n) is 11.1. The number of rotatable bonds is 5. The number of nitrogens with zero attached hydrogens (tertiary/aromatic N) is 2. The average molecular weight is 275 g/mol. The largest absolute Gasteiger partial charge is 0.352 e. The average Bonchev–Trinajstić information content (AvgIpc) is 2.73. The number of amides is 1. The monoisotopic (exact) mass is 275 g/mol. The number of hydrogen-bond acceptors (Lipinski definition) is 4. The minimum absolute atomic E-state index is 0.0715. The minimum Gasteiger partial charge on any atom is -0.352 e. The lowest BCUT2D eigenvalue weighted by molar-refractivity contribution is -0.121. The minimum atomic E-state index is 0.0715. The van der Waals surface area contributed by atoms with Gasteiger partial charge in [0.2, 0.25) is 5.91 Å². The topological polar surface area (TPSA) is 54.9 Å². The fourth-order valence-electron chi connectivity index (χ4n) is 1.82. The van der Waals surface area contributed by atoms with Gasteiger partial charge in [-0.15, -0.1) is 11.3 Å². The van der Waals surface area contributed by atoms with E-state index in [0.29, 0.717) is 13.0 Å². The van der Waals surface area contributed by atoms with Crippen molar-refractivity contribution in [1.29, 1.82) is 0 Å². The van der Waals surface area contributed by atoms with Crippen LogP contribution in [0.15, 0.2) is 24.5 Å². The van der Waals surface area contributed by atoms with Crippen LogP contribution in [-0.2, 0) is 17.8 Å². The van der Waals surface area contributed by atoms with Gasteiger partial charge in [0.1, 0.15) is 0 Å². The number of carbonyl (C=O) groups excluding carboxylic acids is 1. The van der Waals surface area contributed by atoms with Gasteiger partial charge in [-0.1, -0.05) is 0 Å². The third-order valence-corrected chi connectivity index (χ3v) is 3.95. The van der Waals surface area contributed by atoms with Crippen LogP contribution < -0.4 is 5.32 Å². The molecule has 100 valence electrons. The Morgan fingerprint density at radius 3 is 2.68 bits per heavy atom. The number of nitrogens with one attached hydrogen (secondary N) is 1. The Kier molecular flexibility index (Phi) is 4.63. The summed E-state index contributed by atoms with van der Waals surface area (Å²) in [4.78, 5) is 21.3. The Balaban J connectivity index is 1.77. The van der Waals surface area contributed by atoms with E-state index in [4.69, 9.17) is 0 Å². The Labute approximate surface area is 116 Å². The molecule has 0 unspecified atom stereocenters. The maximum absolute atomic E-state index is 11.8. The van der Waals surface area contributed by atoms with Crippen molar-refractivity contribution in [3.63, 3.8) is 0 Å². The van der Waals surface area contributed by atoms with Gasteiger partial charge in [-0.25, -0.2) is 4.98 Å². The van der Waals surface area contributed by atoms with Gasteiger partial charge in [0, 0.05) is 30.2 Å². The van der Waals surface area contributed by atoms with E-state index < -0.39 is 0 Å². The zero-order valence-corrected chi connectivity index (χ0v) is 12.0. The highest BCUT2D eigenvalue weighted by Crippen LogP contribution is 2.18. The summed E-state index contributed by atoms with van der Waals surface area (Å²) in [7, 11) is 0. The maximum Gasteiger partial charge on any atom is 0.220 e. The molecule has 4 nitrogen and oxygen atoms in total. The van der Waals surface area contributed by atoms with Crippen molar-refractivity contribution >= 4 is 17.2 Å². The standard InChI is InChI=1S/C14H17N3OS/c1-10-13(19-11(2)17-10)3-4-14(18)16-9-12-5-7-15-8-6-12/h5-8H,3-4,9H2,1-2H3,(H,16,18). The maximum atomic E-state index is 11.8. The number of hydrogen-bond donors (Lipinski definition) is 1. The van der Waals surface area contributed by atoms with Crippen LogP contribution in [0.4, 0.5) is 0 Å². The van der Waals surface area contributed by atoms with Crippen molar-refractivity contribution in [3.8, 4) is 0 Å². The first-order chi connectivity index (χ1) is 9.15. The fourth-order valence-corrected chi connectivity index (χ4v) is 2.76. The lowest BCUT2D eigenvalue weighted by Crippen LogP contribution is -2.22. The van der Waals surface area contributed by atoms with E-state index in [9.17, 15) is 4.79 Å². The molecule has 2 heterocycles. The van der Waals surface area contributed by atoms with Crippen LogP contribution in [-0.4, -0.2) is 15.9 Å². The van der Waals surface area contributed by atoms with Crippen LogP contribution in [0.3, 0.4) is 0 Å². The molecular weight excluding hydrogens is 258 g/mol. The molecule has 0 aliphatic carbocycles. The number of pyridine rings is 1. The van der Waals surface area contributed by atoms with Gasteiger partial charge in [-0.05, 0) is 38.0 Å². The predicted molar refractivity (Wildman–Crippen MR) is 76.0 cm³/mol. The van der Waals surface area contributed by atoms with Crippen LogP contribution >= 0.6 is 11.3 Å². The molecule has 0 fully saturated rings. The second-order valence-corrected chi connectivity index (χ2v) is 5.66. The van der Waals surface area contributed by atoms with E-state index in [1.807, 2.05) is 26.0 Å². The molecule has 0 saturated heterocycles. The Morgan fingerprint density at radius 2 is 2.05 bits per heavy atom. The van der Waals surface area contributed by atoms with Crippen LogP contribution in [0.2, 0.25) is 0 Å². The van der Waals surface area contributed by atoms with Crippen molar-refractivity contribution in [2.75, 3.05) is 0 Å². The molecule has 2 aromatic heterocycles. The molecule has 0 spiro atoms. The van der Waals surface area contributed by atoms with E-state index >= 15 is 0 Å². The highest BCUT2D eigenvalue weighted by atomic mass is 32.1. The molecule has 0 radical (unpaired) electrons. The number of aryl methyl sites for hydroxylation is 3. The van der Waals surface area contributed by atoms with Gasteiger partial charge >= 0.3 is 0 Å². The third kappa shape index (κ3) is 4.13. The van der Waals surface area contributed by atoms with Crippen molar-refractivity contribution in [3.05, 3.63) is 45.7 Å². The Hall–Kier alpha value is -1.75. The number of thiazole rings is 1. The van der Waals surface area contributed by atoms with E-state index in [2.05, 4.69) is 15.3 Å². The highest BCUT2D eigenvalue weighted by Gasteiger charge is 2.07. The van der Waals surface area contributed by atoms with E-state index in [0.717, 1.165) is 22.7 Å². The second-order valence-electron chi connectivity index (χ2n) is 4.37. The number of aromatic nitrogens is 2. The van der Waals surface area contributed by atoms with Gasteiger partial charge in [0.25, 0.3) is 0 Å². The van der Waals surface area contributed by atoms with Crippen molar-refractivity contribution in [2.24, 2.45) is 0 Å². The molecule has 0 bridgehead atoms. The van der Waals surface area contributed by atoms with Gasteiger partial charge in [-0.2, -0.15) is 0 Å². The van der Waals surface area contributed by atoms with Gasteiger partial charge in [0.05, 0.1) is 10.7 Å². The summed E-state index contributed by atoms with van der Waals surface area (Å²) in [5.74, 6) is 0.0715. The number of carbonyl (C=O) groups is 1. The summed E-state index contributed by atoms with van der Waals surface area (Å²) in [5, 5.41) is 3.97. The molecule has 19 heavy (non-hydrogen) atoms. The summed E-state index contributed by atoms with van der Waals surface area (Å²) in [5.41, 5.74) is 2.11. The predicted octanol–water partition coefficient (Wildman–Crippen LogP) is 2.40. The summed E-state index contributed by atoms with van der Waals surface area (Å²) in [6, 6.07) is 3.80. The SMILES string of the molecule is Cc1nc(C)c(CCC(=O)NCc2ccncc2)s1. The highest BCUT2D eigenvalue weighted by molar-refractivity contribution is 7.11. The van der Waals surface area contributed by atoms with Crippen LogP contribution in [0.1, 0.15) is 27.6 Å². The molecule has 0 aromatic carbocycles. The molecule has 0 aliphatic rings. The van der Waals surface area contributed by atoms with Crippen molar-refractivity contribution in [1.82, 2.24) is 15.3 Å². The normalized spacial score (nSPS) is 10.4. The molecular formula is C14H17N3OS. The second kappa shape index (κ2) is 6.43. The Bertz CT molecular complexity index is 551. The molecule has 1 amide bonds.